The van der Waals surface area contributed by atoms with Gasteiger partial charge < -0.3 is 10.6 Å². The zero-order chi connectivity index (χ0) is 12.4. The molecule has 2 nitrogen and oxygen atoms in total. The quantitative estimate of drug-likeness (QED) is 0.849. The number of nitrogens with two attached hydrogens (primary N) is 1. The van der Waals surface area contributed by atoms with Gasteiger partial charge in [0, 0.05) is 24.8 Å². The van der Waals surface area contributed by atoms with Crippen molar-refractivity contribution >= 4 is 5.69 Å². The van der Waals surface area contributed by atoms with Crippen LogP contribution in [0.5, 0.6) is 0 Å². The molecule has 2 unspecified atom stereocenters. The third kappa shape index (κ3) is 2.81. The van der Waals surface area contributed by atoms with Crippen LogP contribution in [0.4, 0.5) is 5.69 Å². The van der Waals surface area contributed by atoms with Gasteiger partial charge in [0.25, 0.3) is 0 Å². The Kier molecular flexibility index (Phi) is 3.72. The molecular formula is C15H24N2. The second kappa shape index (κ2) is 5.09. The van der Waals surface area contributed by atoms with Gasteiger partial charge >= 0.3 is 0 Å². The minimum atomic E-state index is 0.328. The van der Waals surface area contributed by atoms with Crippen molar-refractivity contribution in [1.82, 2.24) is 0 Å². The first-order chi connectivity index (χ1) is 8.08. The van der Waals surface area contributed by atoms with Gasteiger partial charge in [-0.2, -0.15) is 0 Å². The van der Waals surface area contributed by atoms with Crippen molar-refractivity contribution in [2.45, 2.75) is 51.6 Å². The van der Waals surface area contributed by atoms with E-state index in [9.17, 15) is 0 Å². The highest BCUT2D eigenvalue weighted by atomic mass is 15.2. The zero-order valence-corrected chi connectivity index (χ0v) is 11.2. The molecule has 0 heterocycles. The Morgan fingerprint density at radius 2 is 1.65 bits per heavy atom. The first-order valence-electron chi connectivity index (χ1n) is 6.64. The average Bonchev–Trinajstić information content (AvgIpc) is 2.27. The van der Waals surface area contributed by atoms with Gasteiger partial charge in [0.05, 0.1) is 0 Å². The summed E-state index contributed by atoms with van der Waals surface area (Å²) in [5.41, 5.74) is 10.2. The molecule has 2 atom stereocenters. The molecule has 0 bridgehead atoms. The molecule has 0 saturated heterocycles. The fourth-order valence-corrected chi connectivity index (χ4v) is 2.97. The summed E-state index contributed by atoms with van der Waals surface area (Å²) in [6.07, 6.45) is 5.00. The Hall–Kier alpha value is -1.02. The standard InChI is InChI=1S/C15H24N2/c1-11-8-12(2)10-13(9-11)17(3)15-7-5-4-6-14(15)16/h8-10,14-15H,4-7,16H2,1-3H3. The van der Waals surface area contributed by atoms with Gasteiger partial charge in [-0.3, -0.25) is 0 Å². The molecule has 0 radical (unpaired) electrons. The van der Waals surface area contributed by atoms with E-state index in [0.717, 1.165) is 0 Å². The van der Waals surface area contributed by atoms with Crippen molar-refractivity contribution in [2.75, 3.05) is 11.9 Å². The lowest BCUT2D eigenvalue weighted by Crippen LogP contribution is -2.48. The summed E-state index contributed by atoms with van der Waals surface area (Å²) in [7, 11) is 2.18. The number of likely N-dealkylation sites (N-methyl/N-ethyl adjacent to an activating group) is 1. The summed E-state index contributed by atoms with van der Waals surface area (Å²) in [5, 5.41) is 0. The molecule has 1 aromatic rings. The lowest BCUT2D eigenvalue weighted by atomic mass is 9.89. The van der Waals surface area contributed by atoms with Crippen LogP contribution in [0.15, 0.2) is 18.2 Å². The van der Waals surface area contributed by atoms with Gasteiger partial charge in [0.15, 0.2) is 0 Å². The highest BCUT2D eigenvalue weighted by molar-refractivity contribution is 5.51. The Labute approximate surface area is 105 Å². The van der Waals surface area contributed by atoms with E-state index in [1.165, 1.54) is 42.5 Å². The first-order valence-corrected chi connectivity index (χ1v) is 6.64. The van der Waals surface area contributed by atoms with Crippen molar-refractivity contribution in [3.63, 3.8) is 0 Å². The van der Waals surface area contributed by atoms with Crippen LogP contribution in [0.25, 0.3) is 0 Å². The number of hydrogen-bond donors (Lipinski definition) is 1. The maximum atomic E-state index is 6.25. The molecule has 2 rings (SSSR count). The Morgan fingerprint density at radius 3 is 2.24 bits per heavy atom. The van der Waals surface area contributed by atoms with E-state index in [1.807, 2.05) is 0 Å². The highest BCUT2D eigenvalue weighted by Crippen LogP contribution is 2.26. The van der Waals surface area contributed by atoms with Crippen LogP contribution in [0.1, 0.15) is 36.8 Å². The molecule has 0 aliphatic heterocycles. The molecule has 1 aliphatic rings. The number of hydrogen-bond acceptors (Lipinski definition) is 2. The first kappa shape index (κ1) is 12.4. The smallest absolute Gasteiger partial charge is 0.0437 e. The summed E-state index contributed by atoms with van der Waals surface area (Å²) in [6.45, 7) is 4.32. The molecule has 0 aromatic heterocycles. The number of benzene rings is 1. The summed E-state index contributed by atoms with van der Waals surface area (Å²) in [6, 6.07) is 7.57. The van der Waals surface area contributed by atoms with Crippen molar-refractivity contribution in [3.05, 3.63) is 29.3 Å². The van der Waals surface area contributed by atoms with E-state index >= 15 is 0 Å². The summed E-state index contributed by atoms with van der Waals surface area (Å²) < 4.78 is 0. The molecule has 2 heteroatoms. The van der Waals surface area contributed by atoms with E-state index in [4.69, 9.17) is 5.73 Å². The highest BCUT2D eigenvalue weighted by Gasteiger charge is 2.25. The molecule has 1 saturated carbocycles. The minimum absolute atomic E-state index is 0.328. The van der Waals surface area contributed by atoms with Crippen molar-refractivity contribution in [1.29, 1.82) is 0 Å². The molecule has 2 N–H and O–H groups in total. The number of anilines is 1. The predicted octanol–water partition coefficient (Wildman–Crippen LogP) is 3.01. The van der Waals surface area contributed by atoms with Gasteiger partial charge in [-0.05, 0) is 49.9 Å². The molecule has 1 fully saturated rings. The van der Waals surface area contributed by atoms with Gasteiger partial charge in [0.2, 0.25) is 0 Å². The molecular weight excluding hydrogens is 208 g/mol. The van der Waals surface area contributed by atoms with Crippen molar-refractivity contribution in [3.8, 4) is 0 Å². The predicted molar refractivity (Wildman–Crippen MR) is 74.6 cm³/mol. The third-order valence-electron chi connectivity index (χ3n) is 3.89. The maximum Gasteiger partial charge on any atom is 0.0437 e. The van der Waals surface area contributed by atoms with Crippen LogP contribution in [0, 0.1) is 13.8 Å². The van der Waals surface area contributed by atoms with Gasteiger partial charge in [-0.1, -0.05) is 18.9 Å². The van der Waals surface area contributed by atoms with Gasteiger partial charge in [-0.15, -0.1) is 0 Å². The van der Waals surface area contributed by atoms with Crippen LogP contribution in [0.3, 0.4) is 0 Å². The van der Waals surface area contributed by atoms with Gasteiger partial charge in [-0.25, -0.2) is 0 Å². The van der Waals surface area contributed by atoms with Crippen molar-refractivity contribution < 1.29 is 0 Å². The Bertz CT molecular complexity index is 366. The number of rotatable bonds is 2. The molecule has 1 aromatic carbocycles. The summed E-state index contributed by atoms with van der Waals surface area (Å²) in [4.78, 5) is 2.38. The summed E-state index contributed by atoms with van der Waals surface area (Å²) in [5.74, 6) is 0. The van der Waals surface area contributed by atoms with E-state index in [1.54, 1.807) is 0 Å². The average molecular weight is 232 g/mol. The maximum absolute atomic E-state index is 6.25. The fraction of sp³-hybridized carbons (Fsp3) is 0.600. The molecule has 0 amide bonds. The minimum Gasteiger partial charge on any atom is -0.370 e. The number of nitrogens with zero attached hydrogens (tertiary/aromatic N) is 1. The zero-order valence-electron chi connectivity index (χ0n) is 11.2. The van der Waals surface area contributed by atoms with Crippen LogP contribution in [-0.2, 0) is 0 Å². The van der Waals surface area contributed by atoms with Crippen LogP contribution in [0.2, 0.25) is 0 Å². The lowest BCUT2D eigenvalue weighted by Gasteiger charge is -2.37. The van der Waals surface area contributed by atoms with Crippen LogP contribution >= 0.6 is 0 Å². The Balaban J connectivity index is 2.20. The SMILES string of the molecule is Cc1cc(C)cc(N(C)C2CCCCC2N)c1. The molecule has 0 spiro atoms. The molecule has 94 valence electrons. The Morgan fingerprint density at radius 1 is 1.06 bits per heavy atom. The largest absolute Gasteiger partial charge is 0.370 e. The van der Waals surface area contributed by atoms with Crippen molar-refractivity contribution in [2.24, 2.45) is 5.73 Å². The van der Waals surface area contributed by atoms with E-state index in [2.05, 4.69) is 44.0 Å². The van der Waals surface area contributed by atoms with Gasteiger partial charge in [0.1, 0.15) is 0 Å². The molecule has 1 aliphatic carbocycles. The topological polar surface area (TPSA) is 29.3 Å². The van der Waals surface area contributed by atoms with Crippen LogP contribution < -0.4 is 10.6 Å². The molecule has 17 heavy (non-hydrogen) atoms. The van der Waals surface area contributed by atoms with E-state index < -0.39 is 0 Å². The monoisotopic (exact) mass is 232 g/mol. The number of aryl methyl sites for hydroxylation is 2. The normalized spacial score (nSPS) is 24.7. The van der Waals surface area contributed by atoms with E-state index in [0.29, 0.717) is 12.1 Å². The summed E-state index contributed by atoms with van der Waals surface area (Å²) >= 11 is 0. The van der Waals surface area contributed by atoms with E-state index in [-0.39, 0.29) is 0 Å². The lowest BCUT2D eigenvalue weighted by molar-refractivity contribution is 0.373. The van der Waals surface area contributed by atoms with Crippen LogP contribution in [-0.4, -0.2) is 19.1 Å². The fourth-order valence-electron chi connectivity index (χ4n) is 2.97. The second-order valence-electron chi connectivity index (χ2n) is 5.47. The second-order valence-corrected chi connectivity index (χ2v) is 5.47. The third-order valence-corrected chi connectivity index (χ3v) is 3.89.